The zero-order chi connectivity index (χ0) is 14.7. The Kier molecular flexibility index (Phi) is 4.40. The summed E-state index contributed by atoms with van der Waals surface area (Å²) in [6.07, 6.45) is 0. The lowest BCUT2D eigenvalue weighted by Gasteiger charge is -2.08. The minimum absolute atomic E-state index is 0.0264. The van der Waals surface area contributed by atoms with Crippen molar-refractivity contribution in [1.82, 2.24) is 0 Å². The number of halogens is 2. The van der Waals surface area contributed by atoms with E-state index in [4.69, 9.17) is 16.3 Å². The van der Waals surface area contributed by atoms with Gasteiger partial charge in [0.15, 0.2) is 12.4 Å². The molecule has 2 aromatic rings. The van der Waals surface area contributed by atoms with Crippen LogP contribution in [0.4, 0.5) is 4.39 Å². The highest BCUT2D eigenvalue weighted by Gasteiger charge is 2.10. The Balaban J connectivity index is 2.06. The van der Waals surface area contributed by atoms with E-state index in [-0.39, 0.29) is 17.4 Å². The summed E-state index contributed by atoms with van der Waals surface area (Å²) in [5.74, 6) is -0.266. The van der Waals surface area contributed by atoms with Crippen LogP contribution in [-0.2, 0) is 0 Å². The molecule has 0 saturated heterocycles. The van der Waals surface area contributed by atoms with Gasteiger partial charge in [0.25, 0.3) is 0 Å². The molecule has 0 aliphatic heterocycles. The van der Waals surface area contributed by atoms with Crippen molar-refractivity contribution in [3.8, 4) is 5.75 Å². The molecule has 0 saturated carbocycles. The molecule has 0 aliphatic rings. The molecule has 0 aliphatic carbocycles. The molecule has 2 rings (SSSR count). The molecule has 2 nitrogen and oxygen atoms in total. The first kappa shape index (κ1) is 14.5. The van der Waals surface area contributed by atoms with Crippen LogP contribution in [0, 0.1) is 19.7 Å². The van der Waals surface area contributed by atoms with E-state index in [9.17, 15) is 9.18 Å². The van der Waals surface area contributed by atoms with Crippen LogP contribution in [0.15, 0.2) is 36.4 Å². The molecule has 0 N–H and O–H groups in total. The van der Waals surface area contributed by atoms with Gasteiger partial charge in [0, 0.05) is 11.6 Å². The second kappa shape index (κ2) is 6.06. The van der Waals surface area contributed by atoms with Crippen molar-refractivity contribution in [2.45, 2.75) is 13.8 Å². The molecule has 0 fully saturated rings. The van der Waals surface area contributed by atoms with Crippen LogP contribution in [0.25, 0.3) is 0 Å². The van der Waals surface area contributed by atoms with Gasteiger partial charge in [-0.2, -0.15) is 0 Å². The van der Waals surface area contributed by atoms with Crippen molar-refractivity contribution < 1.29 is 13.9 Å². The standard InChI is InChI=1S/C16H14ClFO2/c1-10-3-5-13(11(2)7-10)16(19)9-20-12-4-6-15(18)14(17)8-12/h3-8H,9H2,1-2H3. The molecular weight excluding hydrogens is 279 g/mol. The summed E-state index contributed by atoms with van der Waals surface area (Å²) in [4.78, 5) is 12.1. The van der Waals surface area contributed by atoms with Crippen molar-refractivity contribution in [1.29, 1.82) is 0 Å². The Bertz CT molecular complexity index is 653. The summed E-state index contributed by atoms with van der Waals surface area (Å²) in [6, 6.07) is 9.62. The number of benzene rings is 2. The van der Waals surface area contributed by atoms with Gasteiger partial charge in [0.05, 0.1) is 5.02 Å². The van der Waals surface area contributed by atoms with Gasteiger partial charge in [-0.3, -0.25) is 4.79 Å². The van der Waals surface area contributed by atoms with E-state index in [1.807, 2.05) is 26.0 Å². The Morgan fingerprint density at radius 1 is 1.20 bits per heavy atom. The first-order valence-corrected chi connectivity index (χ1v) is 6.53. The van der Waals surface area contributed by atoms with Crippen LogP contribution in [0.1, 0.15) is 21.5 Å². The molecule has 0 spiro atoms. The fraction of sp³-hybridized carbons (Fsp3) is 0.188. The van der Waals surface area contributed by atoms with Gasteiger partial charge in [0.1, 0.15) is 11.6 Å². The Hall–Kier alpha value is -1.87. The van der Waals surface area contributed by atoms with Gasteiger partial charge >= 0.3 is 0 Å². The number of carbonyl (C=O) groups is 1. The largest absolute Gasteiger partial charge is 0.485 e. The predicted octanol–water partition coefficient (Wildman–Crippen LogP) is 4.36. The lowest BCUT2D eigenvalue weighted by atomic mass is 10.0. The van der Waals surface area contributed by atoms with E-state index < -0.39 is 5.82 Å². The maximum Gasteiger partial charge on any atom is 0.200 e. The van der Waals surface area contributed by atoms with Crippen molar-refractivity contribution in [3.05, 3.63) is 63.9 Å². The van der Waals surface area contributed by atoms with Crippen molar-refractivity contribution in [2.75, 3.05) is 6.61 Å². The summed E-state index contributed by atoms with van der Waals surface area (Å²) >= 11 is 5.65. The van der Waals surface area contributed by atoms with Crippen LogP contribution in [0.3, 0.4) is 0 Å². The summed E-state index contributed by atoms with van der Waals surface area (Å²) in [5.41, 5.74) is 2.64. The molecular formula is C16H14ClFO2. The number of ether oxygens (including phenoxy) is 1. The van der Waals surface area contributed by atoms with Crippen LogP contribution in [0.2, 0.25) is 5.02 Å². The van der Waals surface area contributed by atoms with Gasteiger partial charge in [-0.1, -0.05) is 35.4 Å². The monoisotopic (exact) mass is 292 g/mol. The summed E-state index contributed by atoms with van der Waals surface area (Å²) in [7, 11) is 0. The van der Waals surface area contributed by atoms with Crippen LogP contribution in [-0.4, -0.2) is 12.4 Å². The fourth-order valence-electron chi connectivity index (χ4n) is 1.92. The molecule has 2 aromatic carbocycles. The zero-order valence-electron chi connectivity index (χ0n) is 11.2. The fourth-order valence-corrected chi connectivity index (χ4v) is 2.09. The molecule has 104 valence electrons. The first-order valence-electron chi connectivity index (χ1n) is 6.15. The molecule has 0 amide bonds. The molecule has 0 atom stereocenters. The maximum atomic E-state index is 13.0. The Morgan fingerprint density at radius 2 is 1.95 bits per heavy atom. The van der Waals surface area contributed by atoms with Crippen molar-refractivity contribution in [3.63, 3.8) is 0 Å². The number of carbonyl (C=O) groups excluding carboxylic acids is 1. The van der Waals surface area contributed by atoms with Crippen molar-refractivity contribution >= 4 is 17.4 Å². The SMILES string of the molecule is Cc1ccc(C(=O)COc2ccc(F)c(Cl)c2)c(C)c1. The van der Waals surface area contributed by atoms with E-state index in [1.54, 1.807) is 6.07 Å². The topological polar surface area (TPSA) is 26.3 Å². The number of Topliss-reactive ketones (excluding diaryl/α,β-unsaturated/α-hetero) is 1. The summed E-state index contributed by atoms with van der Waals surface area (Å²) in [5, 5.41) is -0.0264. The second-order valence-electron chi connectivity index (χ2n) is 4.61. The summed E-state index contributed by atoms with van der Waals surface area (Å²) < 4.78 is 18.3. The third-order valence-electron chi connectivity index (χ3n) is 2.94. The number of aryl methyl sites for hydroxylation is 2. The lowest BCUT2D eigenvalue weighted by Crippen LogP contribution is -2.13. The van der Waals surface area contributed by atoms with E-state index >= 15 is 0 Å². The highest BCUT2D eigenvalue weighted by atomic mass is 35.5. The average Bonchev–Trinajstić information content (AvgIpc) is 2.40. The smallest absolute Gasteiger partial charge is 0.200 e. The Morgan fingerprint density at radius 3 is 2.60 bits per heavy atom. The lowest BCUT2D eigenvalue weighted by molar-refractivity contribution is 0.0921. The van der Waals surface area contributed by atoms with E-state index in [0.29, 0.717) is 11.3 Å². The average molecular weight is 293 g/mol. The van der Waals surface area contributed by atoms with E-state index in [0.717, 1.165) is 11.1 Å². The molecule has 0 aromatic heterocycles. The number of hydrogen-bond acceptors (Lipinski definition) is 2. The van der Waals surface area contributed by atoms with Crippen LogP contribution in [0.5, 0.6) is 5.75 Å². The van der Waals surface area contributed by atoms with Gasteiger partial charge in [-0.25, -0.2) is 4.39 Å². The zero-order valence-corrected chi connectivity index (χ0v) is 12.0. The van der Waals surface area contributed by atoms with E-state index in [2.05, 4.69) is 0 Å². The quantitative estimate of drug-likeness (QED) is 0.783. The van der Waals surface area contributed by atoms with E-state index in [1.165, 1.54) is 18.2 Å². The van der Waals surface area contributed by atoms with Crippen LogP contribution < -0.4 is 4.74 Å². The van der Waals surface area contributed by atoms with Gasteiger partial charge in [-0.15, -0.1) is 0 Å². The third-order valence-corrected chi connectivity index (χ3v) is 3.23. The predicted molar refractivity (Wildman–Crippen MR) is 77.2 cm³/mol. The number of rotatable bonds is 4. The molecule has 4 heteroatoms. The maximum absolute atomic E-state index is 13.0. The highest BCUT2D eigenvalue weighted by Crippen LogP contribution is 2.21. The normalized spacial score (nSPS) is 10.4. The number of ketones is 1. The van der Waals surface area contributed by atoms with Gasteiger partial charge in [0.2, 0.25) is 0 Å². The van der Waals surface area contributed by atoms with Crippen molar-refractivity contribution in [2.24, 2.45) is 0 Å². The van der Waals surface area contributed by atoms with Gasteiger partial charge in [-0.05, 0) is 31.5 Å². The number of hydrogen-bond donors (Lipinski definition) is 0. The first-order chi connectivity index (χ1) is 9.47. The molecule has 0 unspecified atom stereocenters. The second-order valence-corrected chi connectivity index (χ2v) is 5.01. The minimum Gasteiger partial charge on any atom is -0.485 e. The minimum atomic E-state index is -0.514. The molecule has 0 bridgehead atoms. The third kappa shape index (κ3) is 3.36. The Labute approximate surface area is 122 Å². The van der Waals surface area contributed by atoms with Crippen LogP contribution >= 0.6 is 11.6 Å². The summed E-state index contributed by atoms with van der Waals surface area (Å²) in [6.45, 7) is 3.75. The van der Waals surface area contributed by atoms with Gasteiger partial charge < -0.3 is 4.74 Å². The molecule has 0 radical (unpaired) electrons. The highest BCUT2D eigenvalue weighted by molar-refractivity contribution is 6.30. The molecule has 20 heavy (non-hydrogen) atoms. The molecule has 0 heterocycles.